The molecule has 0 aromatic heterocycles. The minimum atomic E-state index is 0.381. The highest BCUT2D eigenvalue weighted by molar-refractivity contribution is 5.57. The van der Waals surface area contributed by atoms with E-state index in [-0.39, 0.29) is 0 Å². The van der Waals surface area contributed by atoms with Gasteiger partial charge in [-0.15, -0.1) is 0 Å². The van der Waals surface area contributed by atoms with E-state index in [4.69, 9.17) is 0 Å². The van der Waals surface area contributed by atoms with Crippen LogP contribution in [0.3, 0.4) is 0 Å². The average Bonchev–Trinajstić information content (AvgIpc) is 2.95. The zero-order chi connectivity index (χ0) is 14.9. The van der Waals surface area contributed by atoms with Crippen LogP contribution >= 0.6 is 0 Å². The summed E-state index contributed by atoms with van der Waals surface area (Å²) in [5.74, 6) is 0. The van der Waals surface area contributed by atoms with E-state index in [2.05, 4.69) is 60.4 Å². The quantitative estimate of drug-likeness (QED) is 0.920. The minimum absolute atomic E-state index is 0.381. The first-order valence-corrected chi connectivity index (χ1v) is 8.43. The van der Waals surface area contributed by atoms with Gasteiger partial charge >= 0.3 is 0 Å². The molecule has 1 aromatic rings. The molecular weight excluding hydrogens is 258 g/mol. The Morgan fingerprint density at radius 2 is 1.86 bits per heavy atom. The lowest BCUT2D eigenvalue weighted by molar-refractivity contribution is 0.267. The lowest BCUT2D eigenvalue weighted by atomic mass is 9.91. The van der Waals surface area contributed by atoms with Crippen molar-refractivity contribution in [3.05, 3.63) is 24.3 Å². The first-order valence-electron chi connectivity index (χ1n) is 8.43. The van der Waals surface area contributed by atoms with Crippen molar-refractivity contribution in [1.29, 1.82) is 0 Å². The molecule has 1 heterocycles. The van der Waals surface area contributed by atoms with Gasteiger partial charge in [-0.1, -0.05) is 19.8 Å². The summed E-state index contributed by atoms with van der Waals surface area (Å²) in [5.41, 5.74) is 3.05. The number of nitrogens with zero attached hydrogens (tertiary/aromatic N) is 2. The van der Waals surface area contributed by atoms with E-state index in [0.29, 0.717) is 11.6 Å². The van der Waals surface area contributed by atoms with Gasteiger partial charge in [0.25, 0.3) is 0 Å². The number of rotatable bonds is 3. The number of piperazine rings is 1. The fraction of sp³-hybridized carbons (Fsp3) is 0.667. The Balaban J connectivity index is 1.82. The molecule has 0 bridgehead atoms. The Bertz CT molecular complexity index is 460. The smallest absolute Gasteiger partial charge is 0.0412 e. The van der Waals surface area contributed by atoms with E-state index in [9.17, 15) is 0 Å². The van der Waals surface area contributed by atoms with Gasteiger partial charge in [0.2, 0.25) is 0 Å². The molecule has 3 heteroatoms. The van der Waals surface area contributed by atoms with E-state index in [1.165, 1.54) is 50.0 Å². The van der Waals surface area contributed by atoms with Crippen LogP contribution in [0, 0.1) is 0 Å². The number of anilines is 2. The predicted molar refractivity (Wildman–Crippen MR) is 91.4 cm³/mol. The van der Waals surface area contributed by atoms with Gasteiger partial charge in [-0.25, -0.2) is 0 Å². The summed E-state index contributed by atoms with van der Waals surface area (Å²) < 4.78 is 0. The van der Waals surface area contributed by atoms with Gasteiger partial charge in [-0.2, -0.15) is 0 Å². The molecule has 3 rings (SSSR count). The fourth-order valence-electron chi connectivity index (χ4n) is 3.95. The zero-order valence-corrected chi connectivity index (χ0v) is 13.7. The third-order valence-electron chi connectivity index (χ3n) is 5.36. The number of hydrogen-bond acceptors (Lipinski definition) is 3. The van der Waals surface area contributed by atoms with Crippen molar-refractivity contribution in [3.8, 4) is 0 Å². The van der Waals surface area contributed by atoms with Crippen molar-refractivity contribution in [2.45, 2.75) is 50.6 Å². The maximum absolute atomic E-state index is 3.87. The van der Waals surface area contributed by atoms with Gasteiger partial charge in [0.1, 0.15) is 0 Å². The fourth-order valence-corrected chi connectivity index (χ4v) is 3.95. The van der Waals surface area contributed by atoms with Gasteiger partial charge in [0, 0.05) is 50.1 Å². The molecule has 1 N–H and O–H groups in total. The monoisotopic (exact) mass is 287 g/mol. The third-order valence-corrected chi connectivity index (χ3v) is 5.36. The van der Waals surface area contributed by atoms with Gasteiger partial charge in [-0.05, 0) is 43.5 Å². The Kier molecular flexibility index (Phi) is 4.12. The topological polar surface area (TPSA) is 18.5 Å². The minimum Gasteiger partial charge on any atom is -0.378 e. The summed E-state index contributed by atoms with van der Waals surface area (Å²) in [4.78, 5) is 4.82. The van der Waals surface area contributed by atoms with Crippen LogP contribution in [-0.2, 0) is 0 Å². The summed E-state index contributed by atoms with van der Waals surface area (Å²) >= 11 is 0. The Labute approximate surface area is 129 Å². The molecule has 116 valence electrons. The van der Waals surface area contributed by atoms with Crippen LogP contribution in [0.4, 0.5) is 11.4 Å². The summed E-state index contributed by atoms with van der Waals surface area (Å²) in [6, 6.07) is 9.70. The summed E-state index contributed by atoms with van der Waals surface area (Å²) in [5, 5.41) is 3.87. The predicted octanol–water partition coefficient (Wildman–Crippen LogP) is 3.25. The van der Waals surface area contributed by atoms with Crippen LogP contribution < -0.4 is 15.1 Å². The first-order chi connectivity index (χ1) is 10.1. The molecule has 3 nitrogen and oxygen atoms in total. The normalized spacial score (nSPS) is 24.5. The molecular formula is C18H29N3. The molecule has 1 saturated heterocycles. The van der Waals surface area contributed by atoms with Gasteiger partial charge < -0.3 is 15.1 Å². The molecule has 1 aliphatic carbocycles. The number of hydrogen-bond donors (Lipinski definition) is 1. The molecule has 1 aromatic carbocycles. The van der Waals surface area contributed by atoms with Crippen LogP contribution in [-0.4, -0.2) is 38.8 Å². The molecule has 1 atom stereocenters. The maximum Gasteiger partial charge on any atom is 0.0412 e. The second-order valence-electron chi connectivity index (χ2n) is 6.97. The van der Waals surface area contributed by atoms with Crippen molar-refractivity contribution in [2.24, 2.45) is 0 Å². The summed E-state index contributed by atoms with van der Waals surface area (Å²) in [6.45, 7) is 4.61. The third kappa shape index (κ3) is 2.89. The standard InChI is InChI=1S/C18H29N3/c1-4-15-13-19-18(11-5-6-12-18)14-21(15)17-9-7-16(8-10-17)20(2)3/h7-10,15,19H,4-6,11-14H2,1-3H3. The highest BCUT2D eigenvalue weighted by atomic mass is 15.3. The highest BCUT2D eigenvalue weighted by Crippen LogP contribution is 2.35. The summed E-state index contributed by atoms with van der Waals surface area (Å²) in [7, 11) is 4.20. The van der Waals surface area contributed by atoms with Gasteiger partial charge in [0.05, 0.1) is 0 Å². The maximum atomic E-state index is 3.87. The molecule has 1 spiro atoms. The lowest BCUT2D eigenvalue weighted by Gasteiger charge is -2.47. The van der Waals surface area contributed by atoms with Crippen molar-refractivity contribution >= 4 is 11.4 Å². The van der Waals surface area contributed by atoms with E-state index in [0.717, 1.165) is 6.54 Å². The molecule has 1 aliphatic heterocycles. The zero-order valence-electron chi connectivity index (χ0n) is 13.7. The number of nitrogens with one attached hydrogen (secondary N) is 1. The molecule has 1 unspecified atom stereocenters. The van der Waals surface area contributed by atoms with Crippen LogP contribution in [0.5, 0.6) is 0 Å². The molecule has 1 saturated carbocycles. The molecule has 21 heavy (non-hydrogen) atoms. The van der Waals surface area contributed by atoms with Gasteiger partial charge in [0.15, 0.2) is 0 Å². The van der Waals surface area contributed by atoms with E-state index in [1.807, 2.05) is 0 Å². The van der Waals surface area contributed by atoms with E-state index < -0.39 is 0 Å². The number of benzene rings is 1. The Morgan fingerprint density at radius 1 is 1.19 bits per heavy atom. The second-order valence-corrected chi connectivity index (χ2v) is 6.97. The van der Waals surface area contributed by atoms with Crippen molar-refractivity contribution < 1.29 is 0 Å². The molecule has 2 fully saturated rings. The lowest BCUT2D eigenvalue weighted by Crippen LogP contribution is -2.63. The van der Waals surface area contributed by atoms with Crippen molar-refractivity contribution in [3.63, 3.8) is 0 Å². The van der Waals surface area contributed by atoms with E-state index >= 15 is 0 Å². The SMILES string of the molecule is CCC1CNC2(CCCC2)CN1c1ccc(N(C)C)cc1. The Morgan fingerprint density at radius 3 is 2.43 bits per heavy atom. The molecule has 0 amide bonds. The van der Waals surface area contributed by atoms with Crippen LogP contribution in [0.15, 0.2) is 24.3 Å². The van der Waals surface area contributed by atoms with Crippen LogP contribution in [0.2, 0.25) is 0 Å². The first kappa shape index (κ1) is 14.7. The molecule has 2 aliphatic rings. The van der Waals surface area contributed by atoms with Gasteiger partial charge in [-0.3, -0.25) is 0 Å². The van der Waals surface area contributed by atoms with Crippen LogP contribution in [0.25, 0.3) is 0 Å². The largest absolute Gasteiger partial charge is 0.378 e. The van der Waals surface area contributed by atoms with Crippen molar-refractivity contribution in [1.82, 2.24) is 5.32 Å². The second kappa shape index (κ2) is 5.88. The van der Waals surface area contributed by atoms with E-state index in [1.54, 1.807) is 0 Å². The van der Waals surface area contributed by atoms with Crippen molar-refractivity contribution in [2.75, 3.05) is 37.0 Å². The average molecular weight is 287 g/mol. The molecule has 0 radical (unpaired) electrons. The highest BCUT2D eigenvalue weighted by Gasteiger charge is 2.40. The van der Waals surface area contributed by atoms with Crippen LogP contribution in [0.1, 0.15) is 39.0 Å². The Hall–Kier alpha value is -1.22. The summed E-state index contributed by atoms with van der Waals surface area (Å²) in [6.07, 6.45) is 6.67.